The Morgan fingerprint density at radius 1 is 1.30 bits per heavy atom. The lowest BCUT2D eigenvalue weighted by Gasteiger charge is -2.12. The van der Waals surface area contributed by atoms with Crippen molar-refractivity contribution >= 4 is 31.5 Å². The van der Waals surface area contributed by atoms with Crippen LogP contribution in [0.4, 0.5) is 0 Å². The minimum Gasteiger partial charge on any atom is -0.396 e. The highest BCUT2D eigenvalue weighted by Crippen LogP contribution is 2.24. The number of sulfone groups is 1. The van der Waals surface area contributed by atoms with Gasteiger partial charge >= 0.3 is 0 Å². The van der Waals surface area contributed by atoms with Crippen molar-refractivity contribution in [2.45, 2.75) is 16.7 Å². The fraction of sp³-hybridized carbons (Fsp3) is 0.455. The Hall–Kier alpha value is -0.670. The summed E-state index contributed by atoms with van der Waals surface area (Å²) in [4.78, 5) is -0.426. The summed E-state index contributed by atoms with van der Waals surface area (Å²) in [6.07, 6.45) is 0.980. The molecule has 20 heavy (non-hydrogen) atoms. The molecule has 0 bridgehead atoms. The van der Waals surface area contributed by atoms with E-state index in [1.54, 1.807) is 6.92 Å². The van der Waals surface area contributed by atoms with Gasteiger partial charge in [0.2, 0.25) is 10.0 Å². The largest absolute Gasteiger partial charge is 0.396 e. The molecule has 6 nitrogen and oxygen atoms in total. The van der Waals surface area contributed by atoms with Gasteiger partial charge in [-0.25, -0.2) is 21.6 Å². The van der Waals surface area contributed by atoms with Crippen molar-refractivity contribution in [3.8, 4) is 0 Å². The first-order chi connectivity index (χ1) is 9.08. The highest BCUT2D eigenvalue weighted by Gasteiger charge is 2.21. The molecule has 1 rings (SSSR count). The smallest absolute Gasteiger partial charge is 0.242 e. The Balaban J connectivity index is 3.18. The second-order valence-corrected chi connectivity index (χ2v) is 8.66. The number of hydrogen-bond acceptors (Lipinski definition) is 5. The number of nitrogens with one attached hydrogen (secondary N) is 1. The first-order valence-electron chi connectivity index (χ1n) is 5.68. The van der Waals surface area contributed by atoms with E-state index >= 15 is 0 Å². The lowest BCUT2D eigenvalue weighted by atomic mass is 10.2. The summed E-state index contributed by atoms with van der Waals surface area (Å²) in [6.45, 7) is 1.52. The average molecular weight is 342 g/mol. The Labute approximate surface area is 123 Å². The van der Waals surface area contributed by atoms with Crippen molar-refractivity contribution in [1.82, 2.24) is 4.72 Å². The Kier molecular flexibility index (Phi) is 5.56. The van der Waals surface area contributed by atoms with Crippen LogP contribution in [0.2, 0.25) is 5.02 Å². The maximum atomic E-state index is 12.1. The van der Waals surface area contributed by atoms with Crippen molar-refractivity contribution in [2.75, 3.05) is 19.4 Å². The molecule has 114 valence electrons. The molecule has 0 radical (unpaired) electrons. The van der Waals surface area contributed by atoms with Crippen molar-refractivity contribution in [3.05, 3.63) is 23.2 Å². The van der Waals surface area contributed by atoms with Crippen LogP contribution in [-0.2, 0) is 19.9 Å². The molecule has 2 N–H and O–H groups in total. The van der Waals surface area contributed by atoms with Crippen LogP contribution in [0.25, 0.3) is 0 Å². The first kappa shape index (κ1) is 17.4. The van der Waals surface area contributed by atoms with Crippen molar-refractivity contribution in [1.29, 1.82) is 0 Å². The fourth-order valence-electron chi connectivity index (χ4n) is 1.31. The highest BCUT2D eigenvalue weighted by atomic mass is 35.5. The minimum absolute atomic E-state index is 0.0261. The molecule has 0 amide bonds. The number of halogens is 1. The topological polar surface area (TPSA) is 101 Å². The van der Waals surface area contributed by atoms with Crippen molar-refractivity contribution in [2.24, 2.45) is 5.92 Å². The number of rotatable bonds is 6. The second kappa shape index (κ2) is 6.40. The van der Waals surface area contributed by atoms with Gasteiger partial charge in [-0.2, -0.15) is 0 Å². The zero-order chi connectivity index (χ0) is 15.6. The van der Waals surface area contributed by atoms with E-state index < -0.39 is 19.9 Å². The number of sulfonamides is 1. The second-order valence-electron chi connectivity index (χ2n) is 4.50. The molecule has 0 fully saturated rings. The molecule has 0 saturated carbocycles. The molecule has 1 atom stereocenters. The van der Waals surface area contributed by atoms with E-state index in [2.05, 4.69) is 4.72 Å². The molecule has 0 aromatic heterocycles. The maximum absolute atomic E-state index is 12.1. The zero-order valence-corrected chi connectivity index (χ0v) is 13.4. The van der Waals surface area contributed by atoms with Crippen LogP contribution in [0.1, 0.15) is 6.92 Å². The van der Waals surface area contributed by atoms with E-state index in [4.69, 9.17) is 16.7 Å². The van der Waals surface area contributed by atoms with Gasteiger partial charge in [0.1, 0.15) is 4.90 Å². The Morgan fingerprint density at radius 3 is 2.40 bits per heavy atom. The number of benzene rings is 1. The van der Waals surface area contributed by atoms with E-state index in [0.29, 0.717) is 0 Å². The van der Waals surface area contributed by atoms with Crippen LogP contribution < -0.4 is 4.72 Å². The molecular weight excluding hydrogens is 326 g/mol. The third-order valence-corrected chi connectivity index (χ3v) is 5.57. The summed E-state index contributed by atoms with van der Waals surface area (Å²) in [5.74, 6) is -0.262. The van der Waals surface area contributed by atoms with Crippen molar-refractivity contribution in [3.63, 3.8) is 0 Å². The minimum atomic E-state index is -3.94. The number of aliphatic hydroxyl groups excluding tert-OH is 1. The van der Waals surface area contributed by atoms with Gasteiger partial charge in [0.25, 0.3) is 0 Å². The van der Waals surface area contributed by atoms with E-state index in [1.165, 1.54) is 12.1 Å². The lowest BCUT2D eigenvalue weighted by molar-refractivity contribution is 0.238. The van der Waals surface area contributed by atoms with Gasteiger partial charge in [-0.3, -0.25) is 0 Å². The Bertz CT molecular complexity index is 685. The van der Waals surface area contributed by atoms with Crippen molar-refractivity contribution < 1.29 is 21.9 Å². The summed E-state index contributed by atoms with van der Waals surface area (Å²) in [5, 5.41) is 8.80. The molecule has 0 saturated heterocycles. The lowest BCUT2D eigenvalue weighted by Crippen LogP contribution is -2.30. The van der Waals surface area contributed by atoms with Crippen LogP contribution >= 0.6 is 11.6 Å². The SMILES string of the molecule is CC(CO)CNS(=O)(=O)c1cc(S(C)(=O)=O)ccc1Cl. The zero-order valence-electron chi connectivity index (χ0n) is 11.0. The predicted molar refractivity (Wildman–Crippen MR) is 76.0 cm³/mol. The fourth-order valence-corrected chi connectivity index (χ4v) is 3.72. The van der Waals surface area contributed by atoms with Gasteiger partial charge in [-0.1, -0.05) is 18.5 Å². The van der Waals surface area contributed by atoms with E-state index in [1.807, 2.05) is 0 Å². The van der Waals surface area contributed by atoms with Gasteiger partial charge in [0, 0.05) is 19.4 Å². The third-order valence-electron chi connectivity index (χ3n) is 2.55. The first-order valence-corrected chi connectivity index (χ1v) is 9.43. The van der Waals surface area contributed by atoms with E-state index in [-0.39, 0.29) is 33.9 Å². The number of aliphatic hydroxyl groups is 1. The molecule has 1 aromatic carbocycles. The summed E-state index contributed by atoms with van der Waals surface area (Å²) in [5.41, 5.74) is 0. The quantitative estimate of drug-likeness (QED) is 0.791. The van der Waals surface area contributed by atoms with Gasteiger partial charge in [-0.05, 0) is 24.1 Å². The molecule has 0 aliphatic rings. The van der Waals surface area contributed by atoms with Gasteiger partial charge < -0.3 is 5.11 Å². The third kappa shape index (κ3) is 4.42. The summed E-state index contributed by atoms with van der Waals surface area (Å²) in [7, 11) is -7.47. The highest BCUT2D eigenvalue weighted by molar-refractivity contribution is 7.91. The van der Waals surface area contributed by atoms with Gasteiger partial charge in [-0.15, -0.1) is 0 Å². The van der Waals surface area contributed by atoms with E-state index in [0.717, 1.165) is 12.3 Å². The number of hydrogen-bond donors (Lipinski definition) is 2. The van der Waals surface area contributed by atoms with Gasteiger partial charge in [0.05, 0.1) is 9.92 Å². The van der Waals surface area contributed by atoms with Crippen LogP contribution in [0.15, 0.2) is 28.0 Å². The summed E-state index contributed by atoms with van der Waals surface area (Å²) < 4.78 is 49.3. The molecular formula is C11H16ClNO5S2. The summed E-state index contributed by atoms with van der Waals surface area (Å²) in [6, 6.07) is 3.48. The molecule has 1 aromatic rings. The molecule has 9 heteroatoms. The molecule has 1 unspecified atom stereocenters. The van der Waals surface area contributed by atoms with Crippen LogP contribution in [0.5, 0.6) is 0 Å². The monoisotopic (exact) mass is 341 g/mol. The molecule has 0 aliphatic carbocycles. The molecule has 0 aliphatic heterocycles. The summed E-state index contributed by atoms with van der Waals surface area (Å²) >= 11 is 5.82. The predicted octanol–water partition coefficient (Wildman–Crippen LogP) is 0.650. The van der Waals surface area contributed by atoms with Crippen LogP contribution in [0, 0.1) is 5.92 Å². The average Bonchev–Trinajstić information content (AvgIpc) is 2.34. The molecule has 0 spiro atoms. The van der Waals surface area contributed by atoms with Gasteiger partial charge in [0.15, 0.2) is 9.84 Å². The maximum Gasteiger partial charge on any atom is 0.242 e. The standard InChI is InChI=1S/C11H16ClNO5S2/c1-8(7-14)6-13-20(17,18)11-5-9(19(2,15)16)3-4-10(11)12/h3-5,8,13-14H,6-7H2,1-2H3. The Morgan fingerprint density at radius 2 is 1.90 bits per heavy atom. The van der Waals surface area contributed by atoms with Crippen LogP contribution in [-0.4, -0.2) is 41.3 Å². The normalized spacial score (nSPS) is 14.2. The molecule has 0 heterocycles. The van der Waals surface area contributed by atoms with Crippen LogP contribution in [0.3, 0.4) is 0 Å². The van der Waals surface area contributed by atoms with E-state index in [9.17, 15) is 16.8 Å².